The maximum absolute atomic E-state index is 12.2. The van der Waals surface area contributed by atoms with E-state index in [0.717, 1.165) is 12.8 Å². The average Bonchev–Trinajstić information content (AvgIpc) is 3.28. The van der Waals surface area contributed by atoms with Gasteiger partial charge in [0.25, 0.3) is 0 Å². The Hall–Kier alpha value is -2.38. The van der Waals surface area contributed by atoms with Crippen molar-refractivity contribution in [2.75, 3.05) is 5.32 Å². The fourth-order valence-electron chi connectivity index (χ4n) is 1.66. The molecule has 2 N–H and O–H groups in total. The minimum atomic E-state index is -4.95. The number of hydrazone groups is 1. The van der Waals surface area contributed by atoms with Gasteiger partial charge in [0.2, 0.25) is 5.91 Å². The number of halogens is 3. The summed E-state index contributed by atoms with van der Waals surface area (Å²) in [6.07, 6.45) is -3.25. The molecule has 1 aromatic rings. The third-order valence-electron chi connectivity index (χ3n) is 3.08. The minimum Gasteiger partial charge on any atom is -0.318 e. The highest BCUT2D eigenvalue weighted by Crippen LogP contribution is 2.28. The van der Waals surface area contributed by atoms with Crippen LogP contribution in [0.2, 0.25) is 0 Å². The summed E-state index contributed by atoms with van der Waals surface area (Å²) in [5, 5.41) is 5.67. The summed E-state index contributed by atoms with van der Waals surface area (Å²) in [6.45, 7) is 1.61. The smallest absolute Gasteiger partial charge is 0.318 e. The van der Waals surface area contributed by atoms with E-state index in [1.165, 1.54) is 18.2 Å². The number of hydrogen-bond donors (Lipinski definition) is 2. The Morgan fingerprint density at radius 1 is 1.27 bits per heavy atom. The molecule has 8 heteroatoms. The van der Waals surface area contributed by atoms with Gasteiger partial charge in [-0.3, -0.25) is 9.59 Å². The monoisotopic (exact) mass is 313 g/mol. The highest BCUT2D eigenvalue weighted by Gasteiger charge is 2.38. The second-order valence-electron chi connectivity index (χ2n) is 4.98. The second kappa shape index (κ2) is 6.17. The SMILES string of the molecule is C/C(=N\NC(=O)C1CC1)c1cccc(NC(=O)C(F)(F)F)c1. The first-order valence-corrected chi connectivity index (χ1v) is 6.60. The molecule has 1 aliphatic carbocycles. The van der Waals surface area contributed by atoms with Crippen molar-refractivity contribution >= 4 is 23.2 Å². The van der Waals surface area contributed by atoms with Gasteiger partial charge in [-0.1, -0.05) is 12.1 Å². The Morgan fingerprint density at radius 2 is 1.95 bits per heavy atom. The highest BCUT2D eigenvalue weighted by molar-refractivity contribution is 6.01. The Balaban J connectivity index is 2.05. The largest absolute Gasteiger partial charge is 0.471 e. The number of nitrogens with zero attached hydrogens (tertiary/aromatic N) is 1. The summed E-state index contributed by atoms with van der Waals surface area (Å²) in [4.78, 5) is 22.4. The Labute approximate surface area is 124 Å². The maximum atomic E-state index is 12.2. The summed E-state index contributed by atoms with van der Waals surface area (Å²) < 4.78 is 36.6. The van der Waals surface area contributed by atoms with Crippen LogP contribution < -0.4 is 10.7 Å². The predicted octanol–water partition coefficient (Wildman–Crippen LogP) is 2.44. The van der Waals surface area contributed by atoms with E-state index in [4.69, 9.17) is 0 Å². The van der Waals surface area contributed by atoms with E-state index in [1.54, 1.807) is 18.3 Å². The lowest BCUT2D eigenvalue weighted by Gasteiger charge is -2.09. The molecule has 1 aromatic carbocycles. The molecule has 2 amide bonds. The fraction of sp³-hybridized carbons (Fsp3) is 0.357. The molecule has 1 fully saturated rings. The van der Waals surface area contributed by atoms with E-state index in [-0.39, 0.29) is 17.5 Å². The number of benzene rings is 1. The van der Waals surface area contributed by atoms with Gasteiger partial charge in [0.1, 0.15) is 0 Å². The van der Waals surface area contributed by atoms with Crippen LogP contribution in [0.5, 0.6) is 0 Å². The normalized spacial score (nSPS) is 15.4. The molecule has 0 bridgehead atoms. The predicted molar refractivity (Wildman–Crippen MR) is 74.2 cm³/mol. The van der Waals surface area contributed by atoms with Crippen LogP contribution in [0.1, 0.15) is 25.3 Å². The first-order chi connectivity index (χ1) is 10.3. The van der Waals surface area contributed by atoms with E-state index in [2.05, 4.69) is 10.5 Å². The van der Waals surface area contributed by atoms with Crippen molar-refractivity contribution in [3.05, 3.63) is 29.8 Å². The van der Waals surface area contributed by atoms with Crippen LogP contribution >= 0.6 is 0 Å². The van der Waals surface area contributed by atoms with Gasteiger partial charge < -0.3 is 5.32 Å². The van der Waals surface area contributed by atoms with E-state index in [1.807, 2.05) is 0 Å². The molecule has 5 nitrogen and oxygen atoms in total. The number of anilines is 1. The number of hydrogen-bond acceptors (Lipinski definition) is 3. The van der Waals surface area contributed by atoms with E-state index >= 15 is 0 Å². The topological polar surface area (TPSA) is 70.6 Å². The molecule has 22 heavy (non-hydrogen) atoms. The van der Waals surface area contributed by atoms with Gasteiger partial charge in [-0.15, -0.1) is 0 Å². The van der Waals surface area contributed by atoms with Crippen molar-refractivity contribution in [3.8, 4) is 0 Å². The molecule has 0 radical (unpaired) electrons. The molecule has 1 saturated carbocycles. The van der Waals surface area contributed by atoms with Crippen molar-refractivity contribution in [1.82, 2.24) is 5.43 Å². The van der Waals surface area contributed by atoms with Gasteiger partial charge in [0, 0.05) is 11.6 Å². The Morgan fingerprint density at radius 3 is 2.55 bits per heavy atom. The van der Waals surface area contributed by atoms with Gasteiger partial charge in [0.15, 0.2) is 0 Å². The minimum absolute atomic E-state index is 0.00268. The van der Waals surface area contributed by atoms with Crippen LogP contribution in [0.3, 0.4) is 0 Å². The third kappa shape index (κ3) is 4.31. The molecular weight excluding hydrogens is 299 g/mol. The quantitative estimate of drug-likeness (QED) is 0.662. The summed E-state index contributed by atoms with van der Waals surface area (Å²) in [6, 6.07) is 5.80. The number of amides is 2. The van der Waals surface area contributed by atoms with Crippen molar-refractivity contribution in [3.63, 3.8) is 0 Å². The van der Waals surface area contributed by atoms with Crippen LogP contribution in [-0.2, 0) is 9.59 Å². The molecule has 2 rings (SSSR count). The number of rotatable bonds is 4. The van der Waals surface area contributed by atoms with Gasteiger partial charge >= 0.3 is 12.1 Å². The van der Waals surface area contributed by atoms with Gasteiger partial charge in [0.05, 0.1) is 5.71 Å². The first-order valence-electron chi connectivity index (χ1n) is 6.60. The summed E-state index contributed by atoms with van der Waals surface area (Å²) in [7, 11) is 0. The Bertz CT molecular complexity index is 622. The molecule has 0 aliphatic heterocycles. The van der Waals surface area contributed by atoms with Crippen LogP contribution in [-0.4, -0.2) is 23.7 Å². The molecule has 0 atom stereocenters. The lowest BCUT2D eigenvalue weighted by atomic mass is 10.1. The van der Waals surface area contributed by atoms with Crippen LogP contribution in [0.15, 0.2) is 29.4 Å². The molecule has 0 saturated heterocycles. The number of carbonyl (C=O) groups excluding carboxylic acids is 2. The first kappa shape index (κ1) is 16.0. The zero-order valence-corrected chi connectivity index (χ0v) is 11.7. The second-order valence-corrected chi connectivity index (χ2v) is 4.98. The molecule has 0 unspecified atom stereocenters. The van der Waals surface area contributed by atoms with Gasteiger partial charge in [-0.2, -0.15) is 18.3 Å². The summed E-state index contributed by atoms with van der Waals surface area (Å²) in [5.74, 6) is -2.20. The van der Waals surface area contributed by atoms with E-state index in [0.29, 0.717) is 11.3 Å². The van der Waals surface area contributed by atoms with Crippen molar-refractivity contribution in [1.29, 1.82) is 0 Å². The highest BCUT2D eigenvalue weighted by atomic mass is 19.4. The van der Waals surface area contributed by atoms with Crippen molar-refractivity contribution in [2.24, 2.45) is 11.0 Å². The Kier molecular flexibility index (Phi) is 4.48. The van der Waals surface area contributed by atoms with Crippen LogP contribution in [0, 0.1) is 5.92 Å². The fourth-order valence-corrected chi connectivity index (χ4v) is 1.66. The van der Waals surface area contributed by atoms with Crippen LogP contribution in [0.4, 0.5) is 18.9 Å². The maximum Gasteiger partial charge on any atom is 0.471 e. The number of nitrogens with one attached hydrogen (secondary N) is 2. The van der Waals surface area contributed by atoms with Gasteiger partial charge in [-0.25, -0.2) is 5.43 Å². The van der Waals surface area contributed by atoms with Crippen molar-refractivity contribution in [2.45, 2.75) is 25.9 Å². The van der Waals surface area contributed by atoms with E-state index < -0.39 is 12.1 Å². The summed E-state index contributed by atoms with van der Waals surface area (Å²) >= 11 is 0. The zero-order valence-electron chi connectivity index (χ0n) is 11.7. The van der Waals surface area contributed by atoms with Crippen LogP contribution in [0.25, 0.3) is 0 Å². The lowest BCUT2D eigenvalue weighted by Crippen LogP contribution is -2.30. The molecule has 0 aromatic heterocycles. The molecule has 118 valence electrons. The van der Waals surface area contributed by atoms with E-state index in [9.17, 15) is 22.8 Å². The molecule has 0 spiro atoms. The molecular formula is C14H14F3N3O2. The van der Waals surface area contributed by atoms with Crippen molar-refractivity contribution < 1.29 is 22.8 Å². The van der Waals surface area contributed by atoms with Gasteiger partial charge in [-0.05, 0) is 37.5 Å². The number of carbonyl (C=O) groups is 2. The molecule has 1 aliphatic rings. The summed E-state index contributed by atoms with van der Waals surface area (Å²) in [5.41, 5.74) is 3.34. The standard InChI is InChI=1S/C14H14F3N3O2/c1-8(19-20-12(21)9-5-6-9)10-3-2-4-11(7-10)18-13(22)14(15,16)17/h2-4,7,9H,5-6H2,1H3,(H,18,22)(H,20,21)/b19-8+. The average molecular weight is 313 g/mol. The lowest BCUT2D eigenvalue weighted by molar-refractivity contribution is -0.167. The third-order valence-corrected chi connectivity index (χ3v) is 3.08. The zero-order chi connectivity index (χ0) is 16.3. The number of alkyl halides is 3. The molecule has 0 heterocycles.